The lowest BCUT2D eigenvalue weighted by atomic mass is 10.1. The van der Waals surface area contributed by atoms with Gasteiger partial charge < -0.3 is 14.6 Å². The number of ether oxygens (including phenoxy) is 1. The van der Waals surface area contributed by atoms with Crippen LogP contribution in [0, 0.1) is 6.92 Å². The van der Waals surface area contributed by atoms with E-state index in [-0.39, 0.29) is 18.3 Å². The number of halogens is 1. The number of carbonyl (C=O) groups excluding carboxylic acids is 1. The minimum absolute atomic E-state index is 0.145. The number of para-hydroxylation sites is 1. The number of aromatic nitrogens is 4. The molecular weight excluding hydrogens is 478 g/mol. The first-order valence-electron chi connectivity index (χ1n) is 10.3. The van der Waals surface area contributed by atoms with Crippen LogP contribution in [0.15, 0.2) is 59.8 Å². The molecule has 0 aliphatic carbocycles. The number of anilines is 1. The number of thiazole rings is 1. The van der Waals surface area contributed by atoms with Crippen LogP contribution in [0.4, 0.5) is 5.13 Å². The third-order valence-corrected chi connectivity index (χ3v) is 6.89. The van der Waals surface area contributed by atoms with E-state index in [2.05, 4.69) is 20.5 Å². The summed E-state index contributed by atoms with van der Waals surface area (Å²) in [6.45, 7) is 4.89. The molecule has 1 amide bonds. The number of aryl methyl sites for hydroxylation is 1. The van der Waals surface area contributed by atoms with Crippen LogP contribution in [0.5, 0.6) is 5.75 Å². The Kier molecular flexibility index (Phi) is 7.64. The van der Waals surface area contributed by atoms with Crippen LogP contribution in [0.25, 0.3) is 11.3 Å². The predicted molar refractivity (Wildman–Crippen MR) is 133 cm³/mol. The van der Waals surface area contributed by atoms with Crippen molar-refractivity contribution in [1.29, 1.82) is 0 Å². The first-order chi connectivity index (χ1) is 16.0. The molecule has 0 bridgehead atoms. The van der Waals surface area contributed by atoms with Gasteiger partial charge in [0.1, 0.15) is 12.4 Å². The molecule has 0 atom stereocenters. The van der Waals surface area contributed by atoms with E-state index in [9.17, 15) is 4.79 Å². The molecule has 1 N–H and O–H groups in total. The molecule has 0 unspecified atom stereocenters. The van der Waals surface area contributed by atoms with E-state index < -0.39 is 0 Å². The van der Waals surface area contributed by atoms with Crippen LogP contribution in [0.3, 0.4) is 0 Å². The minimum atomic E-state index is -0.145. The van der Waals surface area contributed by atoms with Crippen molar-refractivity contribution in [3.8, 4) is 17.0 Å². The molecule has 2 aromatic heterocycles. The summed E-state index contributed by atoms with van der Waals surface area (Å²) in [5.74, 6) is 1.31. The predicted octanol–water partition coefficient (Wildman–Crippen LogP) is 5.69. The van der Waals surface area contributed by atoms with Gasteiger partial charge in [-0.05, 0) is 26.0 Å². The highest BCUT2D eigenvalue weighted by molar-refractivity contribution is 7.99. The monoisotopic (exact) mass is 499 g/mol. The van der Waals surface area contributed by atoms with Crippen LogP contribution < -0.4 is 10.1 Å². The molecule has 0 fully saturated rings. The first-order valence-corrected chi connectivity index (χ1v) is 12.5. The fourth-order valence-corrected chi connectivity index (χ4v) is 5.02. The Bertz CT molecular complexity index is 1240. The summed E-state index contributed by atoms with van der Waals surface area (Å²) in [5, 5.41) is 13.1. The molecular formula is C23H22ClN5O2S2. The van der Waals surface area contributed by atoms with Gasteiger partial charge in [-0.1, -0.05) is 65.8 Å². The van der Waals surface area contributed by atoms with Crippen molar-refractivity contribution in [3.63, 3.8) is 0 Å². The van der Waals surface area contributed by atoms with E-state index in [0.29, 0.717) is 33.4 Å². The Labute approximate surface area is 205 Å². The van der Waals surface area contributed by atoms with E-state index in [4.69, 9.17) is 16.3 Å². The number of nitrogens with one attached hydrogen (secondary N) is 1. The molecule has 2 aromatic carbocycles. The van der Waals surface area contributed by atoms with Gasteiger partial charge in [0, 0.05) is 17.0 Å². The van der Waals surface area contributed by atoms with E-state index in [0.717, 1.165) is 16.1 Å². The van der Waals surface area contributed by atoms with Crippen molar-refractivity contribution in [2.45, 2.75) is 32.2 Å². The highest BCUT2D eigenvalue weighted by Crippen LogP contribution is 2.30. The Balaban J connectivity index is 1.35. The molecule has 0 spiro atoms. The van der Waals surface area contributed by atoms with Crippen LogP contribution in [0.2, 0.25) is 5.02 Å². The van der Waals surface area contributed by atoms with E-state index in [1.807, 2.05) is 60.9 Å². The molecule has 0 aliphatic heterocycles. The normalized spacial score (nSPS) is 10.9. The van der Waals surface area contributed by atoms with Crippen molar-refractivity contribution in [3.05, 3.63) is 70.3 Å². The van der Waals surface area contributed by atoms with E-state index in [1.54, 1.807) is 12.1 Å². The van der Waals surface area contributed by atoms with Crippen molar-refractivity contribution in [2.75, 3.05) is 11.1 Å². The van der Waals surface area contributed by atoms with Crippen LogP contribution >= 0.6 is 34.7 Å². The third kappa shape index (κ3) is 5.73. The molecule has 0 saturated carbocycles. The topological polar surface area (TPSA) is 81.9 Å². The van der Waals surface area contributed by atoms with Gasteiger partial charge in [0.15, 0.2) is 16.1 Å². The molecule has 2 heterocycles. The van der Waals surface area contributed by atoms with Gasteiger partial charge in [-0.2, -0.15) is 0 Å². The number of amides is 1. The maximum absolute atomic E-state index is 12.5. The molecule has 4 aromatic rings. The van der Waals surface area contributed by atoms with Gasteiger partial charge >= 0.3 is 0 Å². The molecule has 0 saturated heterocycles. The Morgan fingerprint density at radius 3 is 2.67 bits per heavy atom. The highest BCUT2D eigenvalue weighted by atomic mass is 35.5. The molecule has 7 nitrogen and oxygen atoms in total. The largest absolute Gasteiger partial charge is 0.484 e. The number of thioether (sulfide) groups is 1. The van der Waals surface area contributed by atoms with Crippen molar-refractivity contribution >= 4 is 45.7 Å². The number of carbonyl (C=O) groups is 1. The fraction of sp³-hybridized carbons (Fsp3) is 0.217. The summed E-state index contributed by atoms with van der Waals surface area (Å²) < 4.78 is 7.71. The fourth-order valence-electron chi connectivity index (χ4n) is 3.15. The van der Waals surface area contributed by atoms with Gasteiger partial charge in [-0.3, -0.25) is 4.79 Å². The third-order valence-electron chi connectivity index (χ3n) is 4.73. The van der Waals surface area contributed by atoms with Crippen molar-refractivity contribution in [2.24, 2.45) is 0 Å². The number of benzene rings is 2. The maximum Gasteiger partial charge on any atom is 0.236 e. The van der Waals surface area contributed by atoms with Crippen molar-refractivity contribution < 1.29 is 9.53 Å². The second-order valence-electron chi connectivity index (χ2n) is 6.99. The summed E-state index contributed by atoms with van der Waals surface area (Å²) >= 11 is 8.93. The quantitative estimate of drug-likeness (QED) is 0.298. The van der Waals surface area contributed by atoms with Crippen LogP contribution in [-0.4, -0.2) is 31.4 Å². The summed E-state index contributed by atoms with van der Waals surface area (Å²) in [5.41, 5.74) is 1.92. The summed E-state index contributed by atoms with van der Waals surface area (Å²) in [4.78, 5) is 18.2. The molecule has 0 radical (unpaired) electrons. The molecule has 4 rings (SSSR count). The minimum Gasteiger partial charge on any atom is -0.484 e. The van der Waals surface area contributed by atoms with Crippen molar-refractivity contribution in [1.82, 2.24) is 19.7 Å². The zero-order chi connectivity index (χ0) is 23.2. The Hall–Kier alpha value is -2.88. The van der Waals surface area contributed by atoms with Crippen LogP contribution in [0.1, 0.15) is 17.6 Å². The summed E-state index contributed by atoms with van der Waals surface area (Å²) in [6, 6.07) is 17.2. The lowest BCUT2D eigenvalue weighted by molar-refractivity contribution is -0.113. The van der Waals surface area contributed by atoms with Crippen LogP contribution in [-0.2, 0) is 17.9 Å². The zero-order valence-electron chi connectivity index (χ0n) is 18.1. The summed E-state index contributed by atoms with van der Waals surface area (Å²) in [7, 11) is 0. The Morgan fingerprint density at radius 2 is 1.91 bits per heavy atom. The SMILES string of the molecule is CCn1c(COc2ccccc2Cl)nnc1SCC(=O)Nc1nc(-c2ccccc2)c(C)s1. The lowest BCUT2D eigenvalue weighted by Gasteiger charge is -2.09. The van der Waals surface area contributed by atoms with Gasteiger partial charge in [-0.25, -0.2) is 4.98 Å². The average Bonchev–Trinajstić information content (AvgIpc) is 3.39. The average molecular weight is 500 g/mol. The highest BCUT2D eigenvalue weighted by Gasteiger charge is 2.16. The molecule has 0 aliphatic rings. The van der Waals surface area contributed by atoms with Gasteiger partial charge in [0.25, 0.3) is 0 Å². The molecule has 10 heteroatoms. The van der Waals surface area contributed by atoms with Gasteiger partial charge in [0.05, 0.1) is 16.5 Å². The van der Waals surface area contributed by atoms with Gasteiger partial charge in [-0.15, -0.1) is 21.5 Å². The number of rotatable bonds is 9. The van der Waals surface area contributed by atoms with E-state index in [1.165, 1.54) is 23.1 Å². The standard InChI is InChI=1S/C23H22ClN5O2S2/c1-3-29-19(13-31-18-12-8-7-11-17(18)24)27-28-23(29)32-14-20(30)25-22-26-21(15(2)33-22)16-9-5-4-6-10-16/h4-12H,3,13-14H2,1-2H3,(H,25,26,30). The van der Waals surface area contributed by atoms with E-state index >= 15 is 0 Å². The second kappa shape index (κ2) is 10.8. The number of hydrogen-bond donors (Lipinski definition) is 1. The second-order valence-corrected chi connectivity index (χ2v) is 9.54. The molecule has 33 heavy (non-hydrogen) atoms. The Morgan fingerprint density at radius 1 is 1.15 bits per heavy atom. The number of nitrogens with zero attached hydrogens (tertiary/aromatic N) is 4. The summed E-state index contributed by atoms with van der Waals surface area (Å²) in [6.07, 6.45) is 0. The molecule has 170 valence electrons. The lowest BCUT2D eigenvalue weighted by Crippen LogP contribution is -2.14. The van der Waals surface area contributed by atoms with Gasteiger partial charge in [0.2, 0.25) is 5.91 Å². The zero-order valence-corrected chi connectivity index (χ0v) is 20.5. The maximum atomic E-state index is 12.5. The smallest absolute Gasteiger partial charge is 0.236 e. The first kappa shape index (κ1) is 23.3. The number of hydrogen-bond acceptors (Lipinski definition) is 7.